The Morgan fingerprint density at radius 3 is 1.00 bits per heavy atom. The molecule has 1 N–H and O–H groups in total. The normalized spacial score (nSPS) is 52.5. The summed E-state index contributed by atoms with van der Waals surface area (Å²) in [5, 5.41) is 11.3. The lowest BCUT2D eigenvalue weighted by Gasteiger charge is -2.53. The largest absolute Gasteiger partial charge is 0.392 e. The van der Waals surface area contributed by atoms with Crippen molar-refractivity contribution in [2.24, 2.45) is 59.2 Å². The first-order chi connectivity index (χ1) is 27.1. The van der Waals surface area contributed by atoms with E-state index in [4.69, 9.17) is 47.4 Å². The van der Waals surface area contributed by atoms with Gasteiger partial charge in [-0.15, -0.1) is 0 Å². The summed E-state index contributed by atoms with van der Waals surface area (Å²) in [7, 11) is 1.71. The van der Waals surface area contributed by atoms with Crippen LogP contribution in [0.2, 0.25) is 0 Å². The summed E-state index contributed by atoms with van der Waals surface area (Å²) in [6.45, 7) is 32.7. The highest BCUT2D eigenvalue weighted by Crippen LogP contribution is 2.45. The molecule has 0 aromatic carbocycles. The van der Waals surface area contributed by atoms with Gasteiger partial charge in [0.05, 0.1) is 42.7 Å². The van der Waals surface area contributed by atoms with Gasteiger partial charge in [-0.1, -0.05) is 104 Å². The Balaban J connectivity index is 1.46. The Kier molecular flexibility index (Phi) is 17.2. The van der Waals surface area contributed by atoms with E-state index in [1.165, 1.54) is 0 Å². The van der Waals surface area contributed by atoms with E-state index in [-0.39, 0.29) is 102 Å². The van der Waals surface area contributed by atoms with Crippen LogP contribution in [0.3, 0.4) is 0 Å². The van der Waals surface area contributed by atoms with Crippen LogP contribution in [0.25, 0.3) is 0 Å². The molecule has 0 aliphatic carbocycles. The van der Waals surface area contributed by atoms with Crippen molar-refractivity contribution in [2.75, 3.05) is 7.11 Å². The van der Waals surface area contributed by atoms with Crippen LogP contribution in [0.15, 0.2) is 0 Å². The molecule has 334 valence electrons. The minimum Gasteiger partial charge on any atom is -0.392 e. The number of hydrogen-bond donors (Lipinski definition) is 1. The van der Waals surface area contributed by atoms with Crippen molar-refractivity contribution in [1.82, 2.24) is 0 Å². The number of aliphatic hydroxyl groups excluding tert-OH is 1. The van der Waals surface area contributed by atoms with E-state index >= 15 is 0 Å². The van der Waals surface area contributed by atoms with Crippen LogP contribution in [-0.4, -0.2) is 105 Å². The van der Waals surface area contributed by atoms with Gasteiger partial charge in [0.25, 0.3) is 0 Å². The van der Waals surface area contributed by atoms with Crippen molar-refractivity contribution in [3.8, 4) is 0 Å². The van der Waals surface area contributed by atoms with Crippen LogP contribution in [0.1, 0.15) is 136 Å². The van der Waals surface area contributed by atoms with Crippen LogP contribution in [-0.2, 0) is 47.4 Å². The molecule has 0 amide bonds. The third kappa shape index (κ3) is 9.80. The summed E-state index contributed by atoms with van der Waals surface area (Å²) < 4.78 is 68.1. The van der Waals surface area contributed by atoms with Crippen LogP contribution in [0.4, 0.5) is 0 Å². The number of aliphatic hydroxyl groups is 1. The molecule has 5 rings (SSSR count). The molecule has 5 aliphatic heterocycles. The molecule has 11 nitrogen and oxygen atoms in total. The van der Waals surface area contributed by atoms with Crippen LogP contribution in [0, 0.1) is 59.2 Å². The monoisotopic (exact) mass is 813 g/mol. The van der Waals surface area contributed by atoms with Gasteiger partial charge in [-0.05, 0) is 67.6 Å². The lowest BCUT2D eigenvalue weighted by Crippen LogP contribution is -2.61. The van der Waals surface area contributed by atoms with Gasteiger partial charge < -0.3 is 52.5 Å². The van der Waals surface area contributed by atoms with E-state index in [2.05, 4.69) is 96.9 Å². The van der Waals surface area contributed by atoms with Crippen molar-refractivity contribution in [1.29, 1.82) is 0 Å². The van der Waals surface area contributed by atoms with Gasteiger partial charge in [0, 0.05) is 30.8 Å². The molecule has 10 unspecified atom stereocenters. The number of hydrogen-bond acceptors (Lipinski definition) is 11. The Labute approximate surface area is 346 Å². The summed E-state index contributed by atoms with van der Waals surface area (Å²) in [6, 6.07) is 0. The van der Waals surface area contributed by atoms with E-state index in [1.807, 2.05) is 6.92 Å². The molecule has 5 saturated heterocycles. The molecular formula is C46H84O11. The highest BCUT2D eigenvalue weighted by molar-refractivity contribution is 4.94. The minimum absolute atomic E-state index is 0.00810. The van der Waals surface area contributed by atoms with Gasteiger partial charge in [0.15, 0.2) is 31.5 Å². The van der Waals surface area contributed by atoms with Gasteiger partial charge >= 0.3 is 0 Å². The lowest BCUT2D eigenvalue weighted by molar-refractivity contribution is -0.392. The predicted molar refractivity (Wildman–Crippen MR) is 219 cm³/mol. The van der Waals surface area contributed by atoms with E-state index in [0.29, 0.717) is 0 Å². The Bertz CT molecular complexity index is 1190. The molecule has 0 spiro atoms. The zero-order valence-corrected chi connectivity index (χ0v) is 38.5. The number of rotatable bonds is 14. The fraction of sp³-hybridized carbons (Fsp3) is 1.00. The topological polar surface area (TPSA) is 113 Å². The van der Waals surface area contributed by atoms with E-state index in [9.17, 15) is 5.11 Å². The maximum atomic E-state index is 11.3. The predicted octanol–water partition coefficient (Wildman–Crippen LogP) is 8.57. The fourth-order valence-electron chi connectivity index (χ4n) is 10.8. The van der Waals surface area contributed by atoms with Gasteiger partial charge in [0.1, 0.15) is 18.3 Å². The quantitative estimate of drug-likeness (QED) is 0.182. The van der Waals surface area contributed by atoms with E-state index in [0.717, 1.165) is 32.1 Å². The zero-order valence-electron chi connectivity index (χ0n) is 38.5. The fourth-order valence-corrected chi connectivity index (χ4v) is 10.8. The SMILES string of the molecule is CCC1O[C@H](OC2[C@@H](O[C@@H]3C(C)[C@@H](OC)OC(CC)[C@H]3C)OC(CC)[C@@H](C)[C@@H]2C)C(O[C@H]2OC(CC)[C@@H](C)[C@H](C)C2O[C@H]2OC(CC)[C@@H](C)[C@H](O)C2C)[C@@H](C)[C@@H]1C. The van der Waals surface area contributed by atoms with Gasteiger partial charge in [-0.3, -0.25) is 0 Å². The molecule has 11 heteroatoms. The summed E-state index contributed by atoms with van der Waals surface area (Å²) in [6.07, 6.45) is -0.837. The van der Waals surface area contributed by atoms with Crippen LogP contribution >= 0.6 is 0 Å². The molecule has 5 fully saturated rings. The summed E-state index contributed by atoms with van der Waals surface area (Å²) in [5.74, 6) is 0.887. The van der Waals surface area contributed by atoms with Gasteiger partial charge in [-0.25, -0.2) is 0 Å². The first-order valence-corrected chi connectivity index (χ1v) is 23.2. The average molecular weight is 813 g/mol. The van der Waals surface area contributed by atoms with Crippen molar-refractivity contribution >= 4 is 0 Å². The summed E-state index contributed by atoms with van der Waals surface area (Å²) >= 11 is 0. The maximum Gasteiger partial charge on any atom is 0.185 e. The molecule has 0 saturated carbocycles. The standard InChI is InChI=1S/C46H84O11/c1-17-32-23(7)26(10)40(44(51-32)54-38-29(13)36(21-5)49-42(48-16)31(38)15)56-46-41(27(11)24(8)34(19-3)53-46)57-45-39(25(9)22(6)33(18-2)52-45)55-43-30(14)37(47)28(12)35(20-4)50-43/h22-47H,17-21H2,1-16H3/t22-,23-,24-,25-,26-,27-,28+,29+,30?,31?,32?,33?,34?,35?,36?,37-,38-,39?,40?,41?,42-,43+,44+,45+,46+/m0/s1. The molecule has 5 aliphatic rings. The van der Waals surface area contributed by atoms with Gasteiger partial charge in [-0.2, -0.15) is 0 Å². The molecule has 0 aromatic heterocycles. The second-order valence-electron chi connectivity index (χ2n) is 19.0. The van der Waals surface area contributed by atoms with E-state index in [1.54, 1.807) is 7.11 Å². The van der Waals surface area contributed by atoms with Gasteiger partial charge in [0.2, 0.25) is 0 Å². The highest BCUT2D eigenvalue weighted by atomic mass is 16.8. The highest BCUT2D eigenvalue weighted by Gasteiger charge is 2.54. The Hall–Kier alpha value is -0.440. The summed E-state index contributed by atoms with van der Waals surface area (Å²) in [5.41, 5.74) is 0. The molecule has 0 radical (unpaired) electrons. The molecule has 57 heavy (non-hydrogen) atoms. The Morgan fingerprint density at radius 2 is 0.632 bits per heavy atom. The molecular weight excluding hydrogens is 728 g/mol. The molecule has 25 atom stereocenters. The van der Waals surface area contributed by atoms with Crippen molar-refractivity contribution in [3.05, 3.63) is 0 Å². The third-order valence-corrected chi connectivity index (χ3v) is 15.7. The van der Waals surface area contributed by atoms with Crippen LogP contribution < -0.4 is 0 Å². The first-order valence-electron chi connectivity index (χ1n) is 23.2. The van der Waals surface area contributed by atoms with Crippen molar-refractivity contribution < 1.29 is 52.5 Å². The Morgan fingerprint density at radius 1 is 0.333 bits per heavy atom. The molecule has 0 bridgehead atoms. The first kappa shape index (κ1) is 47.6. The number of ether oxygens (including phenoxy) is 10. The second-order valence-corrected chi connectivity index (χ2v) is 19.0. The van der Waals surface area contributed by atoms with Crippen molar-refractivity contribution in [2.45, 2.75) is 228 Å². The maximum absolute atomic E-state index is 11.3. The molecule has 5 heterocycles. The smallest absolute Gasteiger partial charge is 0.185 e. The summed E-state index contributed by atoms with van der Waals surface area (Å²) in [4.78, 5) is 0. The second kappa shape index (κ2) is 20.6. The average Bonchev–Trinajstić information content (AvgIpc) is 3.20. The number of methoxy groups -OCH3 is 1. The van der Waals surface area contributed by atoms with Crippen molar-refractivity contribution in [3.63, 3.8) is 0 Å². The molecule has 0 aromatic rings. The lowest BCUT2D eigenvalue weighted by atomic mass is 9.80. The van der Waals surface area contributed by atoms with E-state index < -0.39 is 49.6 Å². The minimum atomic E-state index is -0.704. The van der Waals surface area contributed by atoms with Crippen LogP contribution in [0.5, 0.6) is 0 Å². The zero-order chi connectivity index (χ0) is 42.0. The third-order valence-electron chi connectivity index (χ3n) is 15.7.